The van der Waals surface area contributed by atoms with E-state index in [0.29, 0.717) is 24.5 Å². The van der Waals surface area contributed by atoms with Gasteiger partial charge in [-0.1, -0.05) is 12.1 Å². The van der Waals surface area contributed by atoms with Crippen LogP contribution in [0.25, 0.3) is 0 Å². The molecule has 2 N–H and O–H groups in total. The highest BCUT2D eigenvalue weighted by atomic mass is 19.2. The lowest BCUT2D eigenvalue weighted by Crippen LogP contribution is -2.25. The van der Waals surface area contributed by atoms with Gasteiger partial charge in [0.1, 0.15) is 17.2 Å². The standard InChI is InChI=1S/C22H19F2N3O3/c1-25-22(29)20-13-17(8-10-26-20)30-16-4-2-3-14(11-16)7-9-27-21(28)15-5-6-18(23)19(24)12-15/h2-6,8,10-13H,7,9H2,1H3,(H,25,29)(H,27,28). The van der Waals surface area contributed by atoms with E-state index in [4.69, 9.17) is 4.74 Å². The zero-order chi connectivity index (χ0) is 21.5. The van der Waals surface area contributed by atoms with Crippen molar-refractivity contribution in [1.82, 2.24) is 15.6 Å². The SMILES string of the molecule is CNC(=O)c1cc(Oc2cccc(CCNC(=O)c3ccc(F)c(F)c3)c2)ccn1. The first-order valence-corrected chi connectivity index (χ1v) is 9.14. The van der Waals surface area contributed by atoms with Crippen LogP contribution in [0, 0.1) is 11.6 Å². The van der Waals surface area contributed by atoms with E-state index < -0.39 is 17.5 Å². The van der Waals surface area contributed by atoms with Crippen LogP contribution in [-0.4, -0.2) is 30.4 Å². The van der Waals surface area contributed by atoms with E-state index >= 15 is 0 Å². The van der Waals surface area contributed by atoms with Gasteiger partial charge in [0.25, 0.3) is 11.8 Å². The molecule has 3 aromatic rings. The lowest BCUT2D eigenvalue weighted by molar-refractivity contribution is 0.0947. The lowest BCUT2D eigenvalue weighted by atomic mass is 10.1. The van der Waals surface area contributed by atoms with E-state index in [-0.39, 0.29) is 17.2 Å². The Morgan fingerprint density at radius 1 is 0.967 bits per heavy atom. The second kappa shape index (κ2) is 9.60. The number of aromatic nitrogens is 1. The van der Waals surface area contributed by atoms with Gasteiger partial charge in [0.05, 0.1) is 0 Å². The van der Waals surface area contributed by atoms with Crippen LogP contribution in [0.1, 0.15) is 26.4 Å². The molecule has 0 fully saturated rings. The molecular formula is C22H19F2N3O3. The van der Waals surface area contributed by atoms with Crippen LogP contribution in [0.4, 0.5) is 8.78 Å². The van der Waals surface area contributed by atoms with E-state index in [0.717, 1.165) is 17.7 Å². The second-order valence-electron chi connectivity index (χ2n) is 6.34. The van der Waals surface area contributed by atoms with Crippen molar-refractivity contribution in [3.05, 3.63) is 89.2 Å². The predicted octanol–water partition coefficient (Wildman–Crippen LogP) is 3.48. The third-order valence-electron chi connectivity index (χ3n) is 4.21. The summed E-state index contributed by atoms with van der Waals surface area (Å²) in [6.07, 6.45) is 1.99. The topological polar surface area (TPSA) is 80.3 Å². The molecule has 0 aliphatic rings. The Labute approximate surface area is 171 Å². The number of rotatable bonds is 7. The van der Waals surface area contributed by atoms with Gasteiger partial charge in [-0.25, -0.2) is 8.78 Å². The van der Waals surface area contributed by atoms with Crippen LogP contribution in [0.15, 0.2) is 60.8 Å². The number of nitrogens with zero attached hydrogens (tertiary/aromatic N) is 1. The number of amides is 2. The number of hydrogen-bond donors (Lipinski definition) is 2. The third kappa shape index (κ3) is 5.38. The average Bonchev–Trinajstić information content (AvgIpc) is 2.75. The number of ether oxygens (including phenoxy) is 1. The molecule has 0 unspecified atom stereocenters. The van der Waals surface area contributed by atoms with Crippen LogP contribution >= 0.6 is 0 Å². The van der Waals surface area contributed by atoms with Gasteiger partial charge in [0, 0.05) is 31.4 Å². The summed E-state index contributed by atoms with van der Waals surface area (Å²) in [6.45, 7) is 0.303. The summed E-state index contributed by atoms with van der Waals surface area (Å²) < 4.78 is 32.0. The van der Waals surface area contributed by atoms with Crippen LogP contribution in [0.5, 0.6) is 11.5 Å². The lowest BCUT2D eigenvalue weighted by Gasteiger charge is -2.09. The van der Waals surface area contributed by atoms with Crippen molar-refractivity contribution in [3.8, 4) is 11.5 Å². The zero-order valence-corrected chi connectivity index (χ0v) is 16.1. The van der Waals surface area contributed by atoms with Gasteiger partial charge in [0.15, 0.2) is 11.6 Å². The first-order valence-electron chi connectivity index (χ1n) is 9.14. The summed E-state index contributed by atoms with van der Waals surface area (Å²) >= 11 is 0. The Kier molecular flexibility index (Phi) is 6.69. The maximum Gasteiger partial charge on any atom is 0.269 e. The number of hydrogen-bond acceptors (Lipinski definition) is 4. The number of benzene rings is 2. The largest absolute Gasteiger partial charge is 0.457 e. The number of pyridine rings is 1. The fourth-order valence-corrected chi connectivity index (χ4v) is 2.69. The fraction of sp³-hybridized carbons (Fsp3) is 0.136. The zero-order valence-electron chi connectivity index (χ0n) is 16.1. The van der Waals surface area contributed by atoms with Gasteiger partial charge in [-0.05, 0) is 48.4 Å². The van der Waals surface area contributed by atoms with Crippen molar-refractivity contribution in [2.24, 2.45) is 0 Å². The molecule has 0 atom stereocenters. The van der Waals surface area contributed by atoms with Crippen molar-refractivity contribution in [1.29, 1.82) is 0 Å². The number of nitrogens with one attached hydrogen (secondary N) is 2. The molecule has 154 valence electrons. The van der Waals surface area contributed by atoms with Crippen molar-refractivity contribution < 1.29 is 23.1 Å². The Bertz CT molecular complexity index is 1070. The van der Waals surface area contributed by atoms with E-state index in [2.05, 4.69) is 15.6 Å². The molecule has 1 heterocycles. The Morgan fingerprint density at radius 2 is 1.77 bits per heavy atom. The molecule has 2 amide bonds. The minimum absolute atomic E-state index is 0.0515. The highest BCUT2D eigenvalue weighted by Crippen LogP contribution is 2.22. The van der Waals surface area contributed by atoms with Crippen molar-refractivity contribution in [2.75, 3.05) is 13.6 Å². The van der Waals surface area contributed by atoms with E-state index in [1.165, 1.54) is 25.4 Å². The van der Waals surface area contributed by atoms with Crippen LogP contribution in [0.2, 0.25) is 0 Å². The van der Waals surface area contributed by atoms with Crippen molar-refractivity contribution >= 4 is 11.8 Å². The molecule has 0 saturated carbocycles. The van der Waals surface area contributed by atoms with Crippen LogP contribution in [-0.2, 0) is 6.42 Å². The maximum atomic E-state index is 13.2. The molecule has 30 heavy (non-hydrogen) atoms. The number of halogens is 2. The first-order chi connectivity index (χ1) is 14.5. The first kappa shape index (κ1) is 20.9. The highest BCUT2D eigenvalue weighted by Gasteiger charge is 2.10. The minimum atomic E-state index is -1.07. The van der Waals surface area contributed by atoms with Crippen LogP contribution < -0.4 is 15.4 Å². The quantitative estimate of drug-likeness (QED) is 0.624. The summed E-state index contributed by atoms with van der Waals surface area (Å²) in [6, 6.07) is 13.4. The van der Waals surface area contributed by atoms with Gasteiger partial charge in [-0.2, -0.15) is 0 Å². The Balaban J connectivity index is 1.58. The molecule has 0 saturated heterocycles. The van der Waals surface area contributed by atoms with E-state index in [1.54, 1.807) is 12.1 Å². The molecule has 0 radical (unpaired) electrons. The normalized spacial score (nSPS) is 10.4. The van der Waals surface area contributed by atoms with Gasteiger partial charge < -0.3 is 15.4 Å². The predicted molar refractivity (Wildman–Crippen MR) is 107 cm³/mol. The van der Waals surface area contributed by atoms with Gasteiger partial charge in [0.2, 0.25) is 0 Å². The Morgan fingerprint density at radius 3 is 2.53 bits per heavy atom. The summed E-state index contributed by atoms with van der Waals surface area (Å²) in [7, 11) is 1.52. The molecule has 2 aromatic carbocycles. The van der Waals surface area contributed by atoms with Crippen molar-refractivity contribution in [2.45, 2.75) is 6.42 Å². The molecule has 1 aromatic heterocycles. The molecule has 6 nitrogen and oxygen atoms in total. The van der Waals surface area contributed by atoms with Gasteiger partial charge in [-0.3, -0.25) is 14.6 Å². The highest BCUT2D eigenvalue weighted by molar-refractivity contribution is 5.94. The minimum Gasteiger partial charge on any atom is -0.457 e. The second-order valence-corrected chi connectivity index (χ2v) is 6.34. The molecular weight excluding hydrogens is 392 g/mol. The van der Waals surface area contributed by atoms with Gasteiger partial charge in [-0.15, -0.1) is 0 Å². The number of carbonyl (C=O) groups excluding carboxylic acids is 2. The molecule has 0 aliphatic carbocycles. The smallest absolute Gasteiger partial charge is 0.269 e. The maximum absolute atomic E-state index is 13.2. The van der Waals surface area contributed by atoms with E-state index in [9.17, 15) is 18.4 Å². The van der Waals surface area contributed by atoms with Crippen molar-refractivity contribution in [3.63, 3.8) is 0 Å². The molecule has 3 rings (SSSR count). The summed E-state index contributed by atoms with van der Waals surface area (Å²) in [4.78, 5) is 27.7. The van der Waals surface area contributed by atoms with E-state index in [1.807, 2.05) is 18.2 Å². The molecule has 0 bridgehead atoms. The average molecular weight is 411 g/mol. The number of carbonyl (C=O) groups is 2. The molecule has 8 heteroatoms. The fourth-order valence-electron chi connectivity index (χ4n) is 2.69. The Hall–Kier alpha value is -3.81. The summed E-state index contributed by atoms with van der Waals surface area (Å²) in [5.74, 6) is -1.84. The summed E-state index contributed by atoms with van der Waals surface area (Å²) in [5.41, 5.74) is 1.19. The monoisotopic (exact) mass is 411 g/mol. The van der Waals surface area contributed by atoms with Gasteiger partial charge >= 0.3 is 0 Å². The molecule has 0 aliphatic heterocycles. The molecule has 0 spiro atoms. The third-order valence-corrected chi connectivity index (χ3v) is 4.21. The summed E-state index contributed by atoms with van der Waals surface area (Å²) in [5, 5.41) is 5.17. The van der Waals surface area contributed by atoms with Crippen LogP contribution in [0.3, 0.4) is 0 Å².